The molecule has 0 atom stereocenters. The van der Waals surface area contributed by atoms with Gasteiger partial charge in [0.2, 0.25) is 5.79 Å². The maximum atomic E-state index is 5.69. The van der Waals surface area contributed by atoms with E-state index in [1.165, 1.54) is 16.3 Å². The fourth-order valence-corrected chi connectivity index (χ4v) is 2.08. The van der Waals surface area contributed by atoms with Gasteiger partial charge in [-0.15, -0.1) is 23.1 Å². The SMILES string of the molecule is Cc1cc2cc3c(c[c-]2c1)OC(C)(C)O3. The van der Waals surface area contributed by atoms with E-state index in [1.807, 2.05) is 26.0 Å². The normalized spacial score (nSPS) is 17.3. The summed E-state index contributed by atoms with van der Waals surface area (Å²) in [5.74, 6) is 1.16. The standard InChI is InChI=1S/C13H13O2/c1-8-4-9-6-11-12(7-10(9)5-8)15-13(2,3)14-11/h4-7H,1-3H3/q-1. The summed E-state index contributed by atoms with van der Waals surface area (Å²) in [6, 6.07) is 8.41. The van der Waals surface area contributed by atoms with Gasteiger partial charge in [0, 0.05) is 13.8 Å². The fourth-order valence-electron chi connectivity index (χ4n) is 2.08. The molecule has 0 bridgehead atoms. The average Bonchev–Trinajstić information content (AvgIpc) is 2.55. The summed E-state index contributed by atoms with van der Waals surface area (Å²) in [5, 5.41) is 2.43. The maximum Gasteiger partial charge on any atom is 0.236 e. The van der Waals surface area contributed by atoms with Gasteiger partial charge in [0.05, 0.1) is 5.75 Å². The monoisotopic (exact) mass is 201 g/mol. The summed E-state index contributed by atoms with van der Waals surface area (Å²) >= 11 is 0. The van der Waals surface area contributed by atoms with Gasteiger partial charge in [-0.25, -0.2) is 0 Å². The minimum absolute atomic E-state index is 0.532. The molecule has 0 saturated carbocycles. The molecule has 15 heavy (non-hydrogen) atoms. The zero-order valence-corrected chi connectivity index (χ0v) is 9.13. The van der Waals surface area contributed by atoms with E-state index in [9.17, 15) is 0 Å². The van der Waals surface area contributed by atoms with Crippen LogP contribution >= 0.6 is 0 Å². The van der Waals surface area contributed by atoms with E-state index >= 15 is 0 Å². The van der Waals surface area contributed by atoms with Crippen LogP contribution in [0.25, 0.3) is 10.8 Å². The molecule has 0 fully saturated rings. The summed E-state index contributed by atoms with van der Waals surface area (Å²) in [7, 11) is 0. The van der Waals surface area contributed by atoms with Crippen molar-refractivity contribution < 1.29 is 9.47 Å². The Bertz CT molecular complexity index is 490. The lowest BCUT2D eigenvalue weighted by atomic mass is 10.2. The number of fused-ring (bicyclic) bond motifs is 2. The van der Waals surface area contributed by atoms with Crippen molar-refractivity contribution in [2.75, 3.05) is 0 Å². The summed E-state index contributed by atoms with van der Waals surface area (Å²) in [6.07, 6.45) is 0. The van der Waals surface area contributed by atoms with E-state index in [1.54, 1.807) is 0 Å². The molecular formula is C13H13O2-. The van der Waals surface area contributed by atoms with Crippen LogP contribution in [0.4, 0.5) is 0 Å². The second-order valence-corrected chi connectivity index (χ2v) is 4.56. The predicted molar refractivity (Wildman–Crippen MR) is 59.6 cm³/mol. The Morgan fingerprint density at radius 1 is 1.07 bits per heavy atom. The largest absolute Gasteiger partial charge is 0.487 e. The van der Waals surface area contributed by atoms with Gasteiger partial charge in [0.15, 0.2) is 0 Å². The highest BCUT2D eigenvalue weighted by Gasteiger charge is 2.28. The molecule has 0 unspecified atom stereocenters. The van der Waals surface area contributed by atoms with Crippen molar-refractivity contribution in [1.29, 1.82) is 0 Å². The van der Waals surface area contributed by atoms with Gasteiger partial charge in [0.1, 0.15) is 5.75 Å². The summed E-state index contributed by atoms with van der Waals surface area (Å²) in [6.45, 7) is 5.93. The van der Waals surface area contributed by atoms with Crippen LogP contribution in [0.15, 0.2) is 24.3 Å². The molecule has 78 valence electrons. The van der Waals surface area contributed by atoms with Gasteiger partial charge in [-0.05, 0) is 0 Å². The molecular weight excluding hydrogens is 188 g/mol. The van der Waals surface area contributed by atoms with Crippen molar-refractivity contribution in [3.8, 4) is 11.5 Å². The minimum Gasteiger partial charge on any atom is -0.487 e. The zero-order chi connectivity index (χ0) is 10.6. The van der Waals surface area contributed by atoms with Crippen LogP contribution < -0.4 is 9.47 Å². The third-order valence-corrected chi connectivity index (χ3v) is 2.63. The lowest BCUT2D eigenvalue weighted by molar-refractivity contribution is -0.0431. The second kappa shape index (κ2) is 2.51. The fraction of sp³-hybridized carbons (Fsp3) is 0.308. The topological polar surface area (TPSA) is 18.5 Å². The second-order valence-electron chi connectivity index (χ2n) is 4.56. The van der Waals surface area contributed by atoms with E-state index in [-0.39, 0.29) is 0 Å². The first-order chi connectivity index (χ1) is 7.03. The third-order valence-electron chi connectivity index (χ3n) is 2.63. The molecule has 2 heteroatoms. The Balaban J connectivity index is 2.21. The Morgan fingerprint density at radius 3 is 2.60 bits per heavy atom. The molecule has 0 aliphatic carbocycles. The molecule has 2 nitrogen and oxygen atoms in total. The highest BCUT2D eigenvalue weighted by atomic mass is 16.7. The molecule has 1 aliphatic heterocycles. The van der Waals surface area contributed by atoms with Crippen molar-refractivity contribution in [3.63, 3.8) is 0 Å². The molecule has 2 aromatic rings. The summed E-state index contributed by atoms with van der Waals surface area (Å²) in [4.78, 5) is 0. The average molecular weight is 201 g/mol. The Labute approximate surface area is 88.8 Å². The Kier molecular flexibility index (Phi) is 1.46. The molecule has 0 saturated heterocycles. The van der Waals surface area contributed by atoms with Crippen molar-refractivity contribution in [1.82, 2.24) is 0 Å². The molecule has 0 radical (unpaired) electrons. The lowest BCUT2D eigenvalue weighted by Crippen LogP contribution is -2.29. The summed E-state index contributed by atoms with van der Waals surface area (Å²) in [5.41, 5.74) is 1.27. The first-order valence-electron chi connectivity index (χ1n) is 5.13. The molecule has 0 N–H and O–H groups in total. The number of hydrogen-bond donors (Lipinski definition) is 0. The van der Waals surface area contributed by atoms with Crippen molar-refractivity contribution in [2.45, 2.75) is 26.6 Å². The van der Waals surface area contributed by atoms with Gasteiger partial charge in [-0.2, -0.15) is 0 Å². The van der Waals surface area contributed by atoms with E-state index in [4.69, 9.17) is 9.47 Å². The number of hydrogen-bond acceptors (Lipinski definition) is 2. The molecule has 0 spiro atoms. The Morgan fingerprint density at radius 2 is 1.80 bits per heavy atom. The van der Waals surface area contributed by atoms with Gasteiger partial charge in [-0.3, -0.25) is 0 Å². The zero-order valence-electron chi connectivity index (χ0n) is 9.13. The number of ether oxygens (including phenoxy) is 2. The van der Waals surface area contributed by atoms with Gasteiger partial charge in [-0.1, -0.05) is 24.4 Å². The number of benzene rings is 1. The first-order valence-corrected chi connectivity index (χ1v) is 5.13. The molecule has 1 heterocycles. The number of aryl methyl sites for hydroxylation is 1. The van der Waals surface area contributed by atoms with Gasteiger partial charge in [0.25, 0.3) is 0 Å². The summed E-state index contributed by atoms with van der Waals surface area (Å²) < 4.78 is 11.4. The molecule has 3 rings (SSSR count). The van der Waals surface area contributed by atoms with Crippen LogP contribution in [0.3, 0.4) is 0 Å². The van der Waals surface area contributed by atoms with E-state index in [0.717, 1.165) is 11.5 Å². The van der Waals surface area contributed by atoms with Crippen LogP contribution in [0.2, 0.25) is 0 Å². The molecule has 0 aromatic heterocycles. The van der Waals surface area contributed by atoms with Crippen LogP contribution in [-0.2, 0) is 0 Å². The quantitative estimate of drug-likeness (QED) is 0.608. The molecule has 0 amide bonds. The lowest BCUT2D eigenvalue weighted by Gasteiger charge is -2.18. The highest BCUT2D eigenvalue weighted by Crippen LogP contribution is 2.42. The number of rotatable bonds is 0. The minimum atomic E-state index is -0.532. The van der Waals surface area contributed by atoms with Crippen molar-refractivity contribution in [3.05, 3.63) is 29.8 Å². The predicted octanol–water partition coefficient (Wildman–Crippen LogP) is 3.37. The third kappa shape index (κ3) is 1.29. The molecule has 1 aliphatic rings. The van der Waals surface area contributed by atoms with Crippen molar-refractivity contribution >= 4 is 10.8 Å². The van der Waals surface area contributed by atoms with E-state index < -0.39 is 5.79 Å². The Hall–Kier alpha value is -1.57. The van der Waals surface area contributed by atoms with Crippen molar-refractivity contribution in [2.24, 2.45) is 0 Å². The maximum absolute atomic E-state index is 5.69. The van der Waals surface area contributed by atoms with Crippen LogP contribution in [-0.4, -0.2) is 5.79 Å². The van der Waals surface area contributed by atoms with E-state index in [2.05, 4.69) is 19.1 Å². The van der Waals surface area contributed by atoms with Gasteiger partial charge < -0.3 is 9.47 Å². The van der Waals surface area contributed by atoms with E-state index in [0.29, 0.717) is 0 Å². The smallest absolute Gasteiger partial charge is 0.236 e. The van der Waals surface area contributed by atoms with Crippen LogP contribution in [0, 0.1) is 6.92 Å². The van der Waals surface area contributed by atoms with Crippen LogP contribution in [0.5, 0.6) is 11.5 Å². The van der Waals surface area contributed by atoms with Crippen LogP contribution in [0.1, 0.15) is 19.4 Å². The highest BCUT2D eigenvalue weighted by molar-refractivity contribution is 5.89. The molecule has 2 aromatic carbocycles. The van der Waals surface area contributed by atoms with Gasteiger partial charge >= 0.3 is 0 Å². The first kappa shape index (κ1) is 8.72.